The Morgan fingerprint density at radius 1 is 1.25 bits per heavy atom. The standard InChI is InChI=1S/C25H32N4O2S/c1-18-10-13-28(14-11-18)21(22-8-5-15-32-22)16-26-23(30)9-4-12-29-17-27-24-19(2)6-3-7-20(24)25(29)31/h3,5-8,15,17-18,21H,4,9-14,16H2,1-2H3,(H,26,30). The molecule has 3 heterocycles. The number of carbonyl (C=O) groups is 1. The summed E-state index contributed by atoms with van der Waals surface area (Å²) in [7, 11) is 0. The molecule has 32 heavy (non-hydrogen) atoms. The summed E-state index contributed by atoms with van der Waals surface area (Å²) in [4.78, 5) is 33.5. The normalized spacial score (nSPS) is 16.3. The highest BCUT2D eigenvalue weighted by Gasteiger charge is 2.25. The minimum atomic E-state index is -0.0452. The third kappa shape index (κ3) is 5.27. The fourth-order valence-corrected chi connectivity index (χ4v) is 5.30. The summed E-state index contributed by atoms with van der Waals surface area (Å²) in [5, 5.41) is 5.88. The number of carbonyl (C=O) groups excluding carboxylic acids is 1. The van der Waals surface area contributed by atoms with Crippen LogP contribution < -0.4 is 10.9 Å². The summed E-state index contributed by atoms with van der Waals surface area (Å²) in [6.45, 7) is 7.55. The molecule has 7 heteroatoms. The van der Waals surface area contributed by atoms with Gasteiger partial charge in [0, 0.05) is 24.4 Å². The van der Waals surface area contributed by atoms with Gasteiger partial charge in [-0.3, -0.25) is 19.1 Å². The molecule has 0 spiro atoms. The van der Waals surface area contributed by atoms with Crippen molar-refractivity contribution < 1.29 is 4.79 Å². The Kier molecular flexibility index (Phi) is 7.37. The molecular formula is C25H32N4O2S. The van der Waals surface area contributed by atoms with Gasteiger partial charge >= 0.3 is 0 Å². The van der Waals surface area contributed by atoms with Crippen LogP contribution in [0.4, 0.5) is 0 Å². The molecule has 170 valence electrons. The fourth-order valence-electron chi connectivity index (χ4n) is 4.44. The average Bonchev–Trinajstić information content (AvgIpc) is 3.32. The first-order valence-electron chi connectivity index (χ1n) is 11.5. The molecule has 4 rings (SSSR count). The number of nitrogens with zero attached hydrogens (tertiary/aromatic N) is 3. The van der Waals surface area contributed by atoms with Gasteiger partial charge in [-0.2, -0.15) is 0 Å². The van der Waals surface area contributed by atoms with Gasteiger partial charge < -0.3 is 5.32 Å². The molecule has 0 saturated carbocycles. The maximum atomic E-state index is 12.7. The van der Waals surface area contributed by atoms with Crippen molar-refractivity contribution in [3.05, 3.63) is 62.8 Å². The van der Waals surface area contributed by atoms with Crippen molar-refractivity contribution in [2.24, 2.45) is 5.92 Å². The summed E-state index contributed by atoms with van der Waals surface area (Å²) in [5.41, 5.74) is 1.70. The molecule has 1 aromatic carbocycles. The Labute approximate surface area is 193 Å². The lowest BCUT2D eigenvalue weighted by atomic mass is 9.97. The maximum absolute atomic E-state index is 12.7. The van der Waals surface area contributed by atoms with Crippen LogP contribution in [0, 0.1) is 12.8 Å². The number of nitrogens with one attached hydrogen (secondary N) is 1. The third-order valence-corrected chi connectivity index (χ3v) is 7.45. The Morgan fingerprint density at radius 3 is 2.81 bits per heavy atom. The van der Waals surface area contributed by atoms with E-state index in [1.807, 2.05) is 25.1 Å². The minimum Gasteiger partial charge on any atom is -0.354 e. The molecule has 1 atom stereocenters. The van der Waals surface area contributed by atoms with Crippen LogP contribution in [0.1, 0.15) is 49.1 Å². The Hall–Kier alpha value is -2.51. The van der Waals surface area contributed by atoms with Gasteiger partial charge in [0.2, 0.25) is 5.91 Å². The molecule has 1 N–H and O–H groups in total. The molecule has 1 aliphatic rings. The van der Waals surface area contributed by atoms with Crippen molar-refractivity contribution in [2.75, 3.05) is 19.6 Å². The van der Waals surface area contributed by atoms with Gasteiger partial charge in [0.05, 0.1) is 23.3 Å². The van der Waals surface area contributed by atoms with Crippen LogP contribution in [0.5, 0.6) is 0 Å². The quantitative estimate of drug-likeness (QED) is 0.558. The Morgan fingerprint density at radius 2 is 2.06 bits per heavy atom. The van der Waals surface area contributed by atoms with Crippen molar-refractivity contribution in [3.63, 3.8) is 0 Å². The Balaban J connectivity index is 1.31. The molecule has 6 nitrogen and oxygen atoms in total. The molecule has 1 saturated heterocycles. The van der Waals surface area contributed by atoms with Crippen LogP contribution in [-0.4, -0.2) is 40.0 Å². The molecule has 1 amide bonds. The molecule has 1 unspecified atom stereocenters. The number of benzene rings is 1. The molecule has 0 aliphatic carbocycles. The molecule has 0 radical (unpaired) electrons. The summed E-state index contributed by atoms with van der Waals surface area (Å²) in [6, 6.07) is 10.1. The zero-order valence-corrected chi connectivity index (χ0v) is 19.7. The lowest BCUT2D eigenvalue weighted by Crippen LogP contribution is -2.41. The summed E-state index contributed by atoms with van der Waals surface area (Å²) in [5.74, 6) is 0.816. The number of piperidine rings is 1. The summed E-state index contributed by atoms with van der Waals surface area (Å²) >= 11 is 1.76. The topological polar surface area (TPSA) is 67.2 Å². The molecule has 1 fully saturated rings. The number of aryl methyl sites for hydroxylation is 2. The number of para-hydroxylation sites is 1. The molecular weight excluding hydrogens is 420 g/mol. The van der Waals surface area contributed by atoms with Crippen LogP contribution in [0.25, 0.3) is 10.9 Å². The van der Waals surface area contributed by atoms with Crippen molar-refractivity contribution >= 4 is 28.1 Å². The van der Waals surface area contributed by atoms with E-state index in [-0.39, 0.29) is 17.5 Å². The van der Waals surface area contributed by atoms with Crippen LogP contribution in [0.15, 0.2) is 46.8 Å². The van der Waals surface area contributed by atoms with Gasteiger partial charge in [-0.1, -0.05) is 25.1 Å². The number of aromatic nitrogens is 2. The average molecular weight is 453 g/mol. The number of hydrogen-bond donors (Lipinski definition) is 1. The number of thiophene rings is 1. The van der Waals surface area contributed by atoms with Gasteiger partial charge in [0.25, 0.3) is 5.56 Å². The van der Waals surface area contributed by atoms with E-state index in [1.54, 1.807) is 22.2 Å². The zero-order chi connectivity index (χ0) is 22.5. The smallest absolute Gasteiger partial charge is 0.261 e. The highest BCUT2D eigenvalue weighted by Crippen LogP contribution is 2.29. The first kappa shape index (κ1) is 22.7. The van der Waals surface area contributed by atoms with E-state index in [1.165, 1.54) is 17.7 Å². The van der Waals surface area contributed by atoms with Gasteiger partial charge in [0.15, 0.2) is 0 Å². The lowest BCUT2D eigenvalue weighted by molar-refractivity contribution is -0.121. The van der Waals surface area contributed by atoms with Crippen LogP contribution >= 0.6 is 11.3 Å². The minimum absolute atomic E-state index is 0.0366. The van der Waals surface area contributed by atoms with Gasteiger partial charge in [-0.05, 0) is 68.3 Å². The van der Waals surface area contributed by atoms with E-state index in [4.69, 9.17) is 0 Å². The molecule has 3 aromatic rings. The van der Waals surface area contributed by atoms with E-state index < -0.39 is 0 Å². The first-order chi connectivity index (χ1) is 15.5. The fraction of sp³-hybridized carbons (Fsp3) is 0.480. The predicted octanol–water partition coefficient (Wildman–Crippen LogP) is 4.14. The number of rotatable bonds is 8. The number of hydrogen-bond acceptors (Lipinski definition) is 5. The van der Waals surface area contributed by atoms with E-state index in [0.717, 1.165) is 30.1 Å². The highest BCUT2D eigenvalue weighted by molar-refractivity contribution is 7.10. The SMILES string of the molecule is Cc1cccc2c(=O)n(CCCC(=O)NCC(c3cccs3)N3CCC(C)CC3)cnc12. The van der Waals surface area contributed by atoms with E-state index >= 15 is 0 Å². The Bertz CT molecular complexity index is 1100. The summed E-state index contributed by atoms with van der Waals surface area (Å²) < 4.78 is 1.61. The predicted molar refractivity (Wildman–Crippen MR) is 130 cm³/mol. The van der Waals surface area contributed by atoms with Gasteiger partial charge in [-0.15, -0.1) is 11.3 Å². The molecule has 2 aromatic heterocycles. The van der Waals surface area contributed by atoms with Crippen molar-refractivity contribution in [3.8, 4) is 0 Å². The van der Waals surface area contributed by atoms with Crippen LogP contribution in [0.3, 0.4) is 0 Å². The van der Waals surface area contributed by atoms with Crippen molar-refractivity contribution in [2.45, 2.75) is 52.1 Å². The highest BCUT2D eigenvalue weighted by atomic mass is 32.1. The second-order valence-corrected chi connectivity index (χ2v) is 9.85. The maximum Gasteiger partial charge on any atom is 0.261 e. The zero-order valence-electron chi connectivity index (χ0n) is 18.9. The number of amides is 1. The van der Waals surface area contributed by atoms with Crippen LogP contribution in [0.2, 0.25) is 0 Å². The second kappa shape index (κ2) is 10.4. The monoisotopic (exact) mass is 452 g/mol. The van der Waals surface area contributed by atoms with Gasteiger partial charge in [-0.25, -0.2) is 4.98 Å². The number of likely N-dealkylation sites (tertiary alicyclic amines) is 1. The third-order valence-electron chi connectivity index (χ3n) is 6.48. The lowest BCUT2D eigenvalue weighted by Gasteiger charge is -2.36. The number of fused-ring (bicyclic) bond motifs is 1. The second-order valence-electron chi connectivity index (χ2n) is 8.87. The van der Waals surface area contributed by atoms with Crippen LogP contribution in [-0.2, 0) is 11.3 Å². The van der Waals surface area contributed by atoms with E-state index in [9.17, 15) is 9.59 Å². The molecule has 0 bridgehead atoms. The first-order valence-corrected chi connectivity index (χ1v) is 12.4. The van der Waals surface area contributed by atoms with E-state index in [2.05, 4.69) is 39.6 Å². The van der Waals surface area contributed by atoms with Crippen molar-refractivity contribution in [1.29, 1.82) is 0 Å². The van der Waals surface area contributed by atoms with Gasteiger partial charge in [0.1, 0.15) is 0 Å². The van der Waals surface area contributed by atoms with E-state index in [0.29, 0.717) is 31.3 Å². The largest absolute Gasteiger partial charge is 0.354 e. The summed E-state index contributed by atoms with van der Waals surface area (Å²) in [6.07, 6.45) is 5.02. The van der Waals surface area contributed by atoms with Crippen molar-refractivity contribution in [1.82, 2.24) is 19.8 Å². The molecule has 1 aliphatic heterocycles.